The number of fused-ring (bicyclic) bond motifs is 2. The molecule has 0 spiro atoms. The summed E-state index contributed by atoms with van der Waals surface area (Å²) in [4.78, 5) is 4.95. The SMILES string of the molecule is CC(=N[C@H](C)c1ccc2ccccc2c1)c1ccc2ccccc2c1. The van der Waals surface area contributed by atoms with E-state index in [0.717, 1.165) is 5.71 Å². The molecule has 4 aromatic rings. The van der Waals surface area contributed by atoms with Crippen molar-refractivity contribution in [3.05, 3.63) is 96.1 Å². The van der Waals surface area contributed by atoms with Gasteiger partial charge in [-0.05, 0) is 58.7 Å². The average Bonchev–Trinajstić information content (AvgIpc) is 2.67. The van der Waals surface area contributed by atoms with Gasteiger partial charge in [-0.3, -0.25) is 4.99 Å². The van der Waals surface area contributed by atoms with E-state index in [1.165, 1.54) is 32.7 Å². The van der Waals surface area contributed by atoms with Crippen LogP contribution in [-0.2, 0) is 0 Å². The minimum absolute atomic E-state index is 0.135. The molecule has 0 aliphatic carbocycles. The molecule has 0 heterocycles. The highest BCUT2D eigenvalue weighted by Crippen LogP contribution is 2.24. The molecule has 4 rings (SSSR count). The summed E-state index contributed by atoms with van der Waals surface area (Å²) >= 11 is 0. The van der Waals surface area contributed by atoms with Crippen LogP contribution in [0.25, 0.3) is 21.5 Å². The second kappa shape index (κ2) is 6.52. The van der Waals surface area contributed by atoms with Gasteiger partial charge in [-0.2, -0.15) is 0 Å². The number of nitrogens with zero attached hydrogens (tertiary/aromatic N) is 1. The summed E-state index contributed by atoms with van der Waals surface area (Å²) in [5.74, 6) is 0. The molecule has 0 unspecified atom stereocenters. The standard InChI is InChI=1S/C24H21N/c1-17(21-13-11-19-7-3-5-9-23(19)15-21)25-18(2)22-14-12-20-8-4-6-10-24(20)16-22/h3-17H,1-2H3/t17-/m1/s1. The van der Waals surface area contributed by atoms with Gasteiger partial charge in [0.05, 0.1) is 6.04 Å². The van der Waals surface area contributed by atoms with E-state index in [-0.39, 0.29) is 6.04 Å². The Kier molecular flexibility index (Phi) is 4.07. The van der Waals surface area contributed by atoms with Gasteiger partial charge in [0, 0.05) is 5.71 Å². The molecule has 0 aliphatic rings. The van der Waals surface area contributed by atoms with Crippen molar-refractivity contribution in [3.8, 4) is 0 Å². The highest BCUT2D eigenvalue weighted by Gasteiger charge is 2.07. The summed E-state index contributed by atoms with van der Waals surface area (Å²) in [6.45, 7) is 4.26. The second-order valence-corrected chi connectivity index (χ2v) is 6.56. The van der Waals surface area contributed by atoms with E-state index < -0.39 is 0 Å². The Morgan fingerprint density at radius 3 is 1.92 bits per heavy atom. The highest BCUT2D eigenvalue weighted by molar-refractivity contribution is 6.02. The first-order valence-electron chi connectivity index (χ1n) is 8.73. The third kappa shape index (κ3) is 3.18. The topological polar surface area (TPSA) is 12.4 Å². The van der Waals surface area contributed by atoms with Gasteiger partial charge < -0.3 is 0 Å². The maximum Gasteiger partial charge on any atom is 0.0724 e. The van der Waals surface area contributed by atoms with Crippen LogP contribution in [0.4, 0.5) is 0 Å². The molecule has 0 radical (unpaired) electrons. The van der Waals surface area contributed by atoms with Crippen LogP contribution >= 0.6 is 0 Å². The Bertz CT molecular complexity index is 1080. The zero-order chi connectivity index (χ0) is 17.2. The zero-order valence-electron chi connectivity index (χ0n) is 14.6. The summed E-state index contributed by atoms with van der Waals surface area (Å²) in [7, 11) is 0. The lowest BCUT2D eigenvalue weighted by Gasteiger charge is -2.11. The molecule has 1 nitrogen and oxygen atoms in total. The Labute approximate surface area is 148 Å². The van der Waals surface area contributed by atoms with Gasteiger partial charge in [0.15, 0.2) is 0 Å². The first-order chi connectivity index (χ1) is 12.2. The summed E-state index contributed by atoms with van der Waals surface area (Å²) in [6.07, 6.45) is 0. The molecular weight excluding hydrogens is 302 g/mol. The van der Waals surface area contributed by atoms with Gasteiger partial charge in [-0.15, -0.1) is 0 Å². The first kappa shape index (κ1) is 15.6. The van der Waals surface area contributed by atoms with E-state index in [1.807, 2.05) is 0 Å². The van der Waals surface area contributed by atoms with Crippen molar-refractivity contribution in [2.75, 3.05) is 0 Å². The largest absolute Gasteiger partial charge is 0.282 e. The van der Waals surface area contributed by atoms with E-state index in [1.54, 1.807) is 0 Å². The van der Waals surface area contributed by atoms with Crippen LogP contribution in [-0.4, -0.2) is 5.71 Å². The molecule has 0 aromatic heterocycles. The molecule has 0 bridgehead atoms. The van der Waals surface area contributed by atoms with Crippen LogP contribution in [0.5, 0.6) is 0 Å². The third-order valence-electron chi connectivity index (χ3n) is 4.81. The molecule has 0 aliphatic heterocycles. The molecule has 25 heavy (non-hydrogen) atoms. The van der Waals surface area contributed by atoms with Crippen molar-refractivity contribution in [2.45, 2.75) is 19.9 Å². The Hall–Kier alpha value is -2.93. The molecule has 0 N–H and O–H groups in total. The van der Waals surface area contributed by atoms with E-state index in [9.17, 15) is 0 Å². The van der Waals surface area contributed by atoms with Crippen molar-refractivity contribution in [2.24, 2.45) is 4.99 Å². The molecule has 1 heteroatoms. The molecule has 0 saturated carbocycles. The Morgan fingerprint density at radius 2 is 1.24 bits per heavy atom. The molecule has 0 amide bonds. The maximum absolute atomic E-state index is 4.95. The van der Waals surface area contributed by atoms with Crippen LogP contribution in [0, 0.1) is 0 Å². The van der Waals surface area contributed by atoms with Crippen LogP contribution in [0.1, 0.15) is 31.0 Å². The lowest BCUT2D eigenvalue weighted by atomic mass is 10.0. The molecular formula is C24H21N. The second-order valence-electron chi connectivity index (χ2n) is 6.56. The third-order valence-corrected chi connectivity index (χ3v) is 4.81. The smallest absolute Gasteiger partial charge is 0.0724 e. The number of benzene rings is 4. The fraction of sp³-hybridized carbons (Fsp3) is 0.125. The van der Waals surface area contributed by atoms with Gasteiger partial charge in [0.1, 0.15) is 0 Å². The lowest BCUT2D eigenvalue weighted by Crippen LogP contribution is -1.99. The quantitative estimate of drug-likeness (QED) is 0.378. The van der Waals surface area contributed by atoms with E-state index >= 15 is 0 Å². The van der Waals surface area contributed by atoms with Crippen LogP contribution in [0.3, 0.4) is 0 Å². The van der Waals surface area contributed by atoms with Crippen molar-refractivity contribution < 1.29 is 0 Å². The number of hydrogen-bond acceptors (Lipinski definition) is 1. The van der Waals surface area contributed by atoms with Crippen molar-refractivity contribution >= 4 is 27.3 Å². The van der Waals surface area contributed by atoms with Crippen LogP contribution in [0.15, 0.2) is 89.9 Å². The maximum atomic E-state index is 4.95. The molecule has 4 aromatic carbocycles. The normalized spacial score (nSPS) is 13.3. The molecule has 0 fully saturated rings. The molecule has 1 atom stereocenters. The fourth-order valence-electron chi connectivity index (χ4n) is 3.32. The van der Waals surface area contributed by atoms with Crippen molar-refractivity contribution in [1.29, 1.82) is 0 Å². The lowest BCUT2D eigenvalue weighted by molar-refractivity contribution is 0.821. The Balaban J connectivity index is 1.67. The van der Waals surface area contributed by atoms with Crippen LogP contribution < -0.4 is 0 Å². The summed E-state index contributed by atoms with van der Waals surface area (Å²) in [5.41, 5.74) is 3.51. The summed E-state index contributed by atoms with van der Waals surface area (Å²) in [6, 6.07) is 30.2. The fourth-order valence-corrected chi connectivity index (χ4v) is 3.32. The van der Waals surface area contributed by atoms with E-state index in [0.29, 0.717) is 0 Å². The van der Waals surface area contributed by atoms with Crippen LogP contribution in [0.2, 0.25) is 0 Å². The van der Waals surface area contributed by atoms with E-state index in [4.69, 9.17) is 4.99 Å². The monoisotopic (exact) mass is 323 g/mol. The van der Waals surface area contributed by atoms with Gasteiger partial charge in [0.2, 0.25) is 0 Å². The first-order valence-corrected chi connectivity index (χ1v) is 8.73. The predicted octanol–water partition coefficient (Wildman–Crippen LogP) is 6.56. The average molecular weight is 323 g/mol. The number of hydrogen-bond donors (Lipinski definition) is 0. The van der Waals surface area contributed by atoms with Gasteiger partial charge in [-0.25, -0.2) is 0 Å². The number of aliphatic imine (C=N–C) groups is 1. The van der Waals surface area contributed by atoms with Crippen molar-refractivity contribution in [3.63, 3.8) is 0 Å². The predicted molar refractivity (Wildman–Crippen MR) is 109 cm³/mol. The summed E-state index contributed by atoms with van der Waals surface area (Å²) < 4.78 is 0. The minimum atomic E-state index is 0.135. The zero-order valence-corrected chi connectivity index (χ0v) is 14.6. The van der Waals surface area contributed by atoms with Gasteiger partial charge in [0.25, 0.3) is 0 Å². The van der Waals surface area contributed by atoms with Crippen molar-refractivity contribution in [1.82, 2.24) is 0 Å². The molecule has 122 valence electrons. The van der Waals surface area contributed by atoms with E-state index in [2.05, 4.69) is 98.8 Å². The van der Waals surface area contributed by atoms with Gasteiger partial charge >= 0.3 is 0 Å². The summed E-state index contributed by atoms with van der Waals surface area (Å²) in [5, 5.41) is 5.06. The molecule has 0 saturated heterocycles. The highest BCUT2D eigenvalue weighted by atomic mass is 14.8. The van der Waals surface area contributed by atoms with Gasteiger partial charge in [-0.1, -0.05) is 72.8 Å². The Morgan fingerprint density at radius 1 is 0.680 bits per heavy atom. The number of rotatable bonds is 3. The minimum Gasteiger partial charge on any atom is -0.282 e.